The van der Waals surface area contributed by atoms with Crippen LogP contribution in [0.25, 0.3) is 17.4 Å². The zero-order valence-electron chi connectivity index (χ0n) is 19.9. The molecule has 0 aliphatic carbocycles. The minimum Gasteiger partial charge on any atom is -0.463 e. The fraction of sp³-hybridized carbons (Fsp3) is 0.148. The number of ether oxygens (including phenoxy) is 1. The standard InChI is InChI=1S/C27H21N3O6S/c1-3-35-26(32)23-16(2)28-27-29(25(31)22(37-27)14-17-8-5-4-6-9-17)24(23)21-13-12-20(36-21)18-10-7-11-19(15-18)30(33)34/h4-15,24H,3H2,1-2H3/b22-14-/t24-/m1/s1. The molecule has 4 aromatic rings. The highest BCUT2D eigenvalue weighted by Gasteiger charge is 2.35. The molecule has 1 aliphatic rings. The van der Waals surface area contributed by atoms with Crippen LogP contribution in [0, 0.1) is 10.1 Å². The molecule has 2 aromatic heterocycles. The van der Waals surface area contributed by atoms with Gasteiger partial charge < -0.3 is 9.15 Å². The quantitative estimate of drug-likeness (QED) is 0.218. The molecule has 0 spiro atoms. The summed E-state index contributed by atoms with van der Waals surface area (Å²) < 4.78 is 13.3. The molecule has 0 saturated carbocycles. The van der Waals surface area contributed by atoms with E-state index in [1.807, 2.05) is 30.3 Å². The Morgan fingerprint density at radius 2 is 1.97 bits per heavy atom. The Morgan fingerprint density at radius 3 is 2.70 bits per heavy atom. The molecular weight excluding hydrogens is 494 g/mol. The van der Waals surface area contributed by atoms with Gasteiger partial charge in [0.05, 0.1) is 27.3 Å². The van der Waals surface area contributed by atoms with Crippen molar-refractivity contribution < 1.29 is 18.9 Å². The van der Waals surface area contributed by atoms with Gasteiger partial charge in [-0.25, -0.2) is 9.79 Å². The zero-order chi connectivity index (χ0) is 26.1. The first-order valence-corrected chi connectivity index (χ1v) is 12.3. The number of carbonyl (C=O) groups excluding carboxylic acids is 1. The number of nitrogens with zero attached hydrogens (tertiary/aromatic N) is 3. The molecule has 0 bridgehead atoms. The minimum atomic E-state index is -0.916. The molecule has 0 unspecified atom stereocenters. The lowest BCUT2D eigenvalue weighted by Crippen LogP contribution is -2.39. The Labute approximate surface area is 214 Å². The lowest BCUT2D eigenvalue weighted by atomic mass is 10.0. The van der Waals surface area contributed by atoms with Gasteiger partial charge in [0.2, 0.25) is 0 Å². The SMILES string of the molecule is CCOC(=O)C1=C(C)N=c2s/c(=C\c3ccccc3)c(=O)n2[C@@H]1c1ccc(-c2cccc([N+](=O)[O-])c2)o1. The summed E-state index contributed by atoms with van der Waals surface area (Å²) >= 11 is 1.22. The number of esters is 1. The van der Waals surface area contributed by atoms with Crippen LogP contribution in [0.4, 0.5) is 5.69 Å². The topological polar surface area (TPSA) is 117 Å². The van der Waals surface area contributed by atoms with Gasteiger partial charge in [0.15, 0.2) is 4.80 Å². The number of benzene rings is 2. The number of carbonyl (C=O) groups is 1. The van der Waals surface area contributed by atoms with Crippen molar-refractivity contribution in [3.05, 3.63) is 119 Å². The number of furan rings is 1. The van der Waals surface area contributed by atoms with E-state index < -0.39 is 16.9 Å². The van der Waals surface area contributed by atoms with Crippen LogP contribution in [0.2, 0.25) is 0 Å². The Hall–Kier alpha value is -4.57. The Kier molecular flexibility index (Phi) is 6.41. The van der Waals surface area contributed by atoms with E-state index in [1.54, 1.807) is 44.2 Å². The number of allylic oxidation sites excluding steroid dienone is 1. The number of non-ortho nitro benzene ring substituents is 1. The number of thiazole rings is 1. The third-order valence-corrected chi connectivity index (χ3v) is 6.84. The van der Waals surface area contributed by atoms with Crippen LogP contribution in [0.3, 0.4) is 0 Å². The molecule has 2 aromatic carbocycles. The Morgan fingerprint density at radius 1 is 1.19 bits per heavy atom. The van der Waals surface area contributed by atoms with Crippen LogP contribution in [-0.2, 0) is 9.53 Å². The van der Waals surface area contributed by atoms with Crippen molar-refractivity contribution in [2.75, 3.05) is 6.61 Å². The second kappa shape index (κ2) is 9.82. The third-order valence-electron chi connectivity index (χ3n) is 5.85. The molecule has 0 radical (unpaired) electrons. The highest BCUT2D eigenvalue weighted by molar-refractivity contribution is 7.07. The summed E-state index contributed by atoms with van der Waals surface area (Å²) in [6.45, 7) is 3.54. The minimum absolute atomic E-state index is 0.0766. The molecule has 5 rings (SSSR count). The van der Waals surface area contributed by atoms with Crippen molar-refractivity contribution in [2.24, 2.45) is 4.99 Å². The van der Waals surface area contributed by atoms with Crippen LogP contribution in [-0.4, -0.2) is 22.1 Å². The molecule has 1 aliphatic heterocycles. The van der Waals surface area contributed by atoms with Gasteiger partial charge in [-0.3, -0.25) is 19.5 Å². The van der Waals surface area contributed by atoms with Crippen LogP contribution < -0.4 is 14.9 Å². The van der Waals surface area contributed by atoms with E-state index in [0.717, 1.165) is 5.56 Å². The number of hydrogen-bond acceptors (Lipinski definition) is 8. The fourth-order valence-corrected chi connectivity index (χ4v) is 5.24. The molecule has 186 valence electrons. The van der Waals surface area contributed by atoms with E-state index in [9.17, 15) is 19.7 Å². The summed E-state index contributed by atoms with van der Waals surface area (Å²) in [6, 6.07) is 17.9. The van der Waals surface area contributed by atoms with Crippen molar-refractivity contribution in [2.45, 2.75) is 19.9 Å². The third kappa shape index (κ3) is 4.54. The highest BCUT2D eigenvalue weighted by Crippen LogP contribution is 2.34. The lowest BCUT2D eigenvalue weighted by molar-refractivity contribution is -0.384. The summed E-state index contributed by atoms with van der Waals surface area (Å²) in [4.78, 5) is 42.4. The van der Waals surface area contributed by atoms with E-state index in [1.165, 1.54) is 28.0 Å². The van der Waals surface area contributed by atoms with E-state index in [4.69, 9.17) is 9.15 Å². The largest absolute Gasteiger partial charge is 0.463 e. The molecule has 1 atom stereocenters. The van der Waals surface area contributed by atoms with Gasteiger partial charge in [0, 0.05) is 17.7 Å². The fourth-order valence-electron chi connectivity index (χ4n) is 4.19. The van der Waals surface area contributed by atoms with Gasteiger partial charge >= 0.3 is 5.97 Å². The van der Waals surface area contributed by atoms with Crippen molar-refractivity contribution in [1.29, 1.82) is 0 Å². The monoisotopic (exact) mass is 515 g/mol. The van der Waals surface area contributed by atoms with E-state index in [-0.39, 0.29) is 23.4 Å². The highest BCUT2D eigenvalue weighted by atomic mass is 32.1. The van der Waals surface area contributed by atoms with Gasteiger partial charge in [-0.05, 0) is 37.6 Å². The molecule has 3 heterocycles. The number of aromatic nitrogens is 1. The van der Waals surface area contributed by atoms with Gasteiger partial charge in [0.25, 0.3) is 11.2 Å². The van der Waals surface area contributed by atoms with Crippen LogP contribution >= 0.6 is 11.3 Å². The van der Waals surface area contributed by atoms with Crippen molar-refractivity contribution >= 4 is 29.1 Å². The van der Waals surface area contributed by atoms with Crippen LogP contribution in [0.5, 0.6) is 0 Å². The molecule has 0 amide bonds. The van der Waals surface area contributed by atoms with Crippen molar-refractivity contribution in [1.82, 2.24) is 4.57 Å². The van der Waals surface area contributed by atoms with Crippen molar-refractivity contribution in [3.63, 3.8) is 0 Å². The smallest absolute Gasteiger partial charge is 0.338 e. The van der Waals surface area contributed by atoms with Gasteiger partial charge in [-0.15, -0.1) is 0 Å². The Balaban J connectivity index is 1.68. The summed E-state index contributed by atoms with van der Waals surface area (Å²) in [6.07, 6.45) is 1.78. The number of nitro groups is 1. The van der Waals surface area contributed by atoms with E-state index >= 15 is 0 Å². The maximum atomic E-state index is 13.6. The van der Waals surface area contributed by atoms with E-state index in [0.29, 0.717) is 32.1 Å². The summed E-state index contributed by atoms with van der Waals surface area (Å²) in [5.41, 5.74) is 1.57. The normalized spacial score (nSPS) is 15.3. The lowest BCUT2D eigenvalue weighted by Gasteiger charge is -2.22. The van der Waals surface area contributed by atoms with Crippen molar-refractivity contribution in [3.8, 4) is 11.3 Å². The molecular formula is C27H21N3O6S. The Bertz CT molecular complexity index is 1730. The first-order chi connectivity index (χ1) is 17.9. The van der Waals surface area contributed by atoms with Crippen LogP contribution in [0.15, 0.2) is 92.2 Å². The predicted molar refractivity (Wildman–Crippen MR) is 138 cm³/mol. The van der Waals surface area contributed by atoms with E-state index in [2.05, 4.69) is 4.99 Å². The number of nitro benzene ring substituents is 1. The average molecular weight is 516 g/mol. The molecule has 37 heavy (non-hydrogen) atoms. The van der Waals surface area contributed by atoms with Gasteiger partial charge in [0.1, 0.15) is 17.6 Å². The molecule has 0 saturated heterocycles. The second-order valence-corrected chi connectivity index (χ2v) is 9.23. The zero-order valence-corrected chi connectivity index (χ0v) is 20.7. The summed E-state index contributed by atoms with van der Waals surface area (Å²) in [5.74, 6) is 0.0774. The number of rotatable bonds is 6. The summed E-state index contributed by atoms with van der Waals surface area (Å²) in [5, 5.41) is 11.2. The maximum absolute atomic E-state index is 13.6. The maximum Gasteiger partial charge on any atom is 0.338 e. The first kappa shape index (κ1) is 24.1. The van der Waals surface area contributed by atoms with Gasteiger partial charge in [-0.1, -0.05) is 53.8 Å². The predicted octanol–water partition coefficient (Wildman–Crippen LogP) is 3.97. The molecule has 10 heteroatoms. The second-order valence-electron chi connectivity index (χ2n) is 8.22. The average Bonchev–Trinajstić information content (AvgIpc) is 3.49. The molecule has 0 fully saturated rings. The number of hydrogen-bond donors (Lipinski definition) is 0. The summed E-state index contributed by atoms with van der Waals surface area (Å²) in [7, 11) is 0. The van der Waals surface area contributed by atoms with Gasteiger partial charge in [-0.2, -0.15) is 0 Å². The number of fused-ring (bicyclic) bond motifs is 1. The molecule has 0 N–H and O–H groups in total. The van der Waals surface area contributed by atoms with Crippen LogP contribution in [0.1, 0.15) is 31.2 Å². The molecule has 9 nitrogen and oxygen atoms in total. The first-order valence-electron chi connectivity index (χ1n) is 11.5.